The molecule has 4 heteroatoms. The minimum Gasteiger partial charge on any atom is -0.496 e. The summed E-state index contributed by atoms with van der Waals surface area (Å²) in [6.07, 6.45) is 0.873. The van der Waals surface area contributed by atoms with Gasteiger partial charge in [-0.05, 0) is 45.9 Å². The zero-order valence-electron chi connectivity index (χ0n) is 14.0. The van der Waals surface area contributed by atoms with E-state index in [1.54, 1.807) is 7.11 Å². The van der Waals surface area contributed by atoms with E-state index in [2.05, 4.69) is 17.9 Å². The highest BCUT2D eigenvalue weighted by Gasteiger charge is 2.31. The number of likely N-dealkylation sites (N-methyl/N-ethyl adjacent to an activating group) is 1. The van der Waals surface area contributed by atoms with E-state index in [0.29, 0.717) is 12.6 Å². The van der Waals surface area contributed by atoms with Crippen molar-refractivity contribution in [3.8, 4) is 5.75 Å². The number of esters is 1. The Morgan fingerprint density at radius 3 is 2.48 bits per heavy atom. The van der Waals surface area contributed by atoms with Crippen LogP contribution < -0.4 is 4.74 Å². The summed E-state index contributed by atoms with van der Waals surface area (Å²) in [7, 11) is 5.15. The van der Waals surface area contributed by atoms with Crippen LogP contribution in [0.25, 0.3) is 0 Å². The summed E-state index contributed by atoms with van der Waals surface area (Å²) in [5.41, 5.74) is 0.661. The number of hydrogen-bond acceptors (Lipinski definition) is 4. The average molecular weight is 293 g/mol. The molecule has 0 aliphatic rings. The molecule has 118 valence electrons. The molecule has 0 aliphatic carbocycles. The second-order valence-electron chi connectivity index (χ2n) is 6.16. The molecule has 0 saturated carbocycles. The van der Waals surface area contributed by atoms with Gasteiger partial charge < -0.3 is 14.4 Å². The van der Waals surface area contributed by atoms with Gasteiger partial charge in [-0.2, -0.15) is 0 Å². The highest BCUT2D eigenvalue weighted by molar-refractivity contribution is 5.76. The van der Waals surface area contributed by atoms with Crippen LogP contribution in [0.15, 0.2) is 24.3 Å². The van der Waals surface area contributed by atoms with Crippen molar-refractivity contribution < 1.29 is 14.3 Å². The molecule has 0 aliphatic heterocycles. The Morgan fingerprint density at radius 1 is 1.29 bits per heavy atom. The van der Waals surface area contributed by atoms with Crippen molar-refractivity contribution in [3.63, 3.8) is 0 Å². The first-order chi connectivity index (χ1) is 9.81. The molecule has 0 fully saturated rings. The van der Waals surface area contributed by atoms with Gasteiger partial charge in [-0.3, -0.25) is 4.79 Å². The highest BCUT2D eigenvalue weighted by atomic mass is 16.5. The van der Waals surface area contributed by atoms with Crippen molar-refractivity contribution >= 4 is 5.97 Å². The second kappa shape index (κ2) is 7.46. The first kappa shape index (κ1) is 17.5. The molecule has 0 spiro atoms. The Balaban J connectivity index is 2.71. The maximum absolute atomic E-state index is 11.8. The minimum absolute atomic E-state index is 0.182. The molecular formula is C17H27NO3. The Labute approximate surface area is 128 Å². The smallest absolute Gasteiger partial charge is 0.312 e. The molecule has 0 radical (unpaired) electrons. The normalized spacial score (nSPS) is 13.1. The molecule has 0 aromatic heterocycles. The molecule has 1 rings (SSSR count). The number of rotatable bonds is 7. The van der Waals surface area contributed by atoms with Crippen LogP contribution in [0.5, 0.6) is 5.75 Å². The molecular weight excluding hydrogens is 266 g/mol. The molecule has 4 nitrogen and oxygen atoms in total. The molecule has 21 heavy (non-hydrogen) atoms. The van der Waals surface area contributed by atoms with E-state index in [0.717, 1.165) is 12.2 Å². The maximum atomic E-state index is 11.8. The predicted octanol–water partition coefficient (Wildman–Crippen LogP) is 2.76. The Bertz CT molecular complexity index is 471. The summed E-state index contributed by atoms with van der Waals surface area (Å²) >= 11 is 0. The SMILES string of the molecule is COC(=O)C(C)(C)CN(C)C(C)Cc1ccccc1OC. The van der Waals surface area contributed by atoms with Gasteiger partial charge in [0, 0.05) is 12.6 Å². The van der Waals surface area contributed by atoms with Crippen LogP contribution >= 0.6 is 0 Å². The molecule has 1 unspecified atom stereocenters. The Morgan fingerprint density at radius 2 is 1.90 bits per heavy atom. The zero-order valence-corrected chi connectivity index (χ0v) is 14.0. The molecule has 0 saturated heterocycles. The molecule has 1 atom stereocenters. The standard InChI is InChI=1S/C17H27NO3/c1-13(11-14-9-7-8-10-15(14)20-5)18(4)12-17(2,3)16(19)21-6/h7-10,13H,11-12H2,1-6H3. The molecule has 0 bridgehead atoms. The van der Waals surface area contributed by atoms with E-state index in [9.17, 15) is 4.79 Å². The van der Waals surface area contributed by atoms with Crippen molar-refractivity contribution in [1.82, 2.24) is 4.90 Å². The zero-order chi connectivity index (χ0) is 16.0. The van der Waals surface area contributed by atoms with Gasteiger partial charge in [-0.1, -0.05) is 18.2 Å². The summed E-state index contributed by atoms with van der Waals surface area (Å²) in [5.74, 6) is 0.726. The van der Waals surface area contributed by atoms with Gasteiger partial charge in [-0.15, -0.1) is 0 Å². The summed E-state index contributed by atoms with van der Waals surface area (Å²) in [6.45, 7) is 6.62. The fraction of sp³-hybridized carbons (Fsp3) is 0.588. The second-order valence-corrected chi connectivity index (χ2v) is 6.16. The Hall–Kier alpha value is -1.55. The first-order valence-electron chi connectivity index (χ1n) is 7.22. The van der Waals surface area contributed by atoms with E-state index in [4.69, 9.17) is 9.47 Å². The number of carbonyl (C=O) groups is 1. The lowest BCUT2D eigenvalue weighted by Crippen LogP contribution is -2.42. The van der Waals surface area contributed by atoms with Gasteiger partial charge in [0.1, 0.15) is 5.75 Å². The third-order valence-electron chi connectivity index (χ3n) is 3.84. The summed E-state index contributed by atoms with van der Waals surface area (Å²) in [4.78, 5) is 14.0. The van der Waals surface area contributed by atoms with Crippen LogP contribution in [0.4, 0.5) is 0 Å². The highest BCUT2D eigenvalue weighted by Crippen LogP contribution is 2.23. The van der Waals surface area contributed by atoms with E-state index >= 15 is 0 Å². The van der Waals surface area contributed by atoms with E-state index in [1.165, 1.54) is 12.7 Å². The summed E-state index contributed by atoms with van der Waals surface area (Å²) in [6, 6.07) is 8.33. The van der Waals surface area contributed by atoms with E-state index in [1.807, 2.05) is 39.1 Å². The van der Waals surface area contributed by atoms with Gasteiger partial charge in [0.15, 0.2) is 0 Å². The van der Waals surface area contributed by atoms with Crippen molar-refractivity contribution in [2.75, 3.05) is 27.8 Å². The quantitative estimate of drug-likeness (QED) is 0.725. The number of para-hydroxylation sites is 1. The maximum Gasteiger partial charge on any atom is 0.312 e. The van der Waals surface area contributed by atoms with Crippen LogP contribution in [-0.4, -0.2) is 44.7 Å². The van der Waals surface area contributed by atoms with Crippen LogP contribution in [-0.2, 0) is 16.0 Å². The Kier molecular flexibility index (Phi) is 6.21. The fourth-order valence-corrected chi connectivity index (χ4v) is 2.47. The summed E-state index contributed by atoms with van der Waals surface area (Å²) < 4.78 is 10.3. The number of hydrogen-bond donors (Lipinski definition) is 0. The van der Waals surface area contributed by atoms with Crippen molar-refractivity contribution in [2.24, 2.45) is 5.41 Å². The fourth-order valence-electron chi connectivity index (χ4n) is 2.47. The number of ether oxygens (including phenoxy) is 2. The van der Waals surface area contributed by atoms with Crippen LogP contribution in [0.1, 0.15) is 26.3 Å². The molecule has 0 heterocycles. The minimum atomic E-state index is -0.515. The van der Waals surface area contributed by atoms with Crippen molar-refractivity contribution in [1.29, 1.82) is 0 Å². The lowest BCUT2D eigenvalue weighted by atomic mass is 9.92. The topological polar surface area (TPSA) is 38.8 Å². The van der Waals surface area contributed by atoms with Crippen molar-refractivity contribution in [2.45, 2.75) is 33.2 Å². The van der Waals surface area contributed by atoms with Crippen LogP contribution in [0, 0.1) is 5.41 Å². The van der Waals surface area contributed by atoms with Crippen LogP contribution in [0.2, 0.25) is 0 Å². The lowest BCUT2D eigenvalue weighted by Gasteiger charge is -2.32. The van der Waals surface area contributed by atoms with E-state index in [-0.39, 0.29) is 5.97 Å². The number of nitrogens with zero attached hydrogens (tertiary/aromatic N) is 1. The largest absolute Gasteiger partial charge is 0.496 e. The van der Waals surface area contributed by atoms with Gasteiger partial charge in [0.2, 0.25) is 0 Å². The number of carbonyl (C=O) groups excluding carboxylic acids is 1. The van der Waals surface area contributed by atoms with Gasteiger partial charge in [-0.25, -0.2) is 0 Å². The summed E-state index contributed by atoms with van der Waals surface area (Å²) in [5, 5.41) is 0. The number of methoxy groups -OCH3 is 2. The van der Waals surface area contributed by atoms with Crippen molar-refractivity contribution in [3.05, 3.63) is 29.8 Å². The van der Waals surface area contributed by atoms with Gasteiger partial charge in [0.05, 0.1) is 19.6 Å². The van der Waals surface area contributed by atoms with Gasteiger partial charge >= 0.3 is 5.97 Å². The number of benzene rings is 1. The molecule has 1 aromatic rings. The lowest BCUT2D eigenvalue weighted by molar-refractivity contribution is -0.151. The third kappa shape index (κ3) is 4.74. The van der Waals surface area contributed by atoms with E-state index < -0.39 is 5.41 Å². The molecule has 1 aromatic carbocycles. The predicted molar refractivity (Wildman–Crippen MR) is 84.6 cm³/mol. The molecule has 0 amide bonds. The monoisotopic (exact) mass is 293 g/mol. The third-order valence-corrected chi connectivity index (χ3v) is 3.84. The average Bonchev–Trinajstić information content (AvgIpc) is 2.46. The van der Waals surface area contributed by atoms with Crippen LogP contribution in [0.3, 0.4) is 0 Å². The molecule has 0 N–H and O–H groups in total. The first-order valence-corrected chi connectivity index (χ1v) is 7.22. The van der Waals surface area contributed by atoms with Gasteiger partial charge in [0.25, 0.3) is 0 Å².